The molecule has 17 heavy (non-hydrogen) atoms. The lowest BCUT2D eigenvalue weighted by atomic mass is 9.66. The number of aliphatic hydroxyl groups is 3. The minimum atomic E-state index is -0.744. The quantitative estimate of drug-likeness (QED) is 0.645. The molecule has 0 bridgehead atoms. The van der Waals surface area contributed by atoms with Crippen LogP contribution in [0.5, 0.6) is 0 Å². The second-order valence-electron chi connectivity index (χ2n) is 5.29. The predicted molar refractivity (Wildman–Crippen MR) is 68.6 cm³/mol. The van der Waals surface area contributed by atoms with Crippen molar-refractivity contribution in [3.63, 3.8) is 0 Å². The second kappa shape index (κ2) is 6.53. The lowest BCUT2D eigenvalue weighted by Crippen LogP contribution is -2.43. The van der Waals surface area contributed by atoms with Gasteiger partial charge in [-0.3, -0.25) is 0 Å². The molecule has 0 spiro atoms. The molecule has 0 aromatic rings. The Bertz CT molecular complexity index is 258. The summed E-state index contributed by atoms with van der Waals surface area (Å²) < 4.78 is 0. The van der Waals surface area contributed by atoms with E-state index in [-0.39, 0.29) is 25.7 Å². The average molecular weight is 242 g/mol. The smallest absolute Gasteiger partial charge is 0.0537 e. The maximum atomic E-state index is 9.56. The normalized spacial score (nSPS) is 24.9. The van der Waals surface area contributed by atoms with E-state index < -0.39 is 5.41 Å². The Morgan fingerprint density at radius 3 is 2.24 bits per heavy atom. The number of allylic oxidation sites excluding steroid dienone is 2. The van der Waals surface area contributed by atoms with Gasteiger partial charge < -0.3 is 15.3 Å². The van der Waals surface area contributed by atoms with Gasteiger partial charge >= 0.3 is 0 Å². The molecule has 1 fully saturated rings. The van der Waals surface area contributed by atoms with Crippen LogP contribution in [0.4, 0.5) is 0 Å². The summed E-state index contributed by atoms with van der Waals surface area (Å²) in [4.78, 5) is 0. The highest BCUT2D eigenvalue weighted by atomic mass is 16.3. The number of hydrogen-bond acceptors (Lipinski definition) is 3. The van der Waals surface area contributed by atoms with Crippen LogP contribution in [-0.4, -0.2) is 35.1 Å². The van der Waals surface area contributed by atoms with E-state index in [1.165, 1.54) is 17.6 Å². The Morgan fingerprint density at radius 2 is 1.76 bits per heavy atom. The first-order valence-electron chi connectivity index (χ1n) is 6.66. The molecule has 0 aliphatic heterocycles. The topological polar surface area (TPSA) is 60.7 Å². The van der Waals surface area contributed by atoms with Gasteiger partial charge in [0.2, 0.25) is 0 Å². The van der Waals surface area contributed by atoms with E-state index in [1.807, 2.05) is 0 Å². The first kappa shape index (κ1) is 14.7. The molecule has 1 atom stereocenters. The molecule has 0 aromatic carbocycles. The largest absolute Gasteiger partial charge is 0.396 e. The highest BCUT2D eigenvalue weighted by Gasteiger charge is 2.40. The van der Waals surface area contributed by atoms with Gasteiger partial charge in [0, 0.05) is 5.41 Å². The van der Waals surface area contributed by atoms with E-state index in [0.29, 0.717) is 0 Å². The molecule has 1 saturated carbocycles. The third-order valence-corrected chi connectivity index (χ3v) is 4.37. The second-order valence-corrected chi connectivity index (χ2v) is 5.29. The standard InChI is InChI=1S/C14H26O3/c1-3-11(2)12-6-4-5-7-13(12)14(8-15,9-16)10-17/h13,15-17H,3-10H2,1-2H3. The van der Waals surface area contributed by atoms with Crippen LogP contribution in [0.3, 0.4) is 0 Å². The highest BCUT2D eigenvalue weighted by Crippen LogP contribution is 2.43. The zero-order valence-electron chi connectivity index (χ0n) is 11.1. The van der Waals surface area contributed by atoms with Gasteiger partial charge in [-0.05, 0) is 38.5 Å². The maximum absolute atomic E-state index is 9.56. The molecule has 3 nitrogen and oxygen atoms in total. The molecule has 1 aliphatic carbocycles. The van der Waals surface area contributed by atoms with Gasteiger partial charge in [0.15, 0.2) is 0 Å². The van der Waals surface area contributed by atoms with E-state index in [2.05, 4.69) is 13.8 Å². The molecule has 0 heterocycles. The van der Waals surface area contributed by atoms with E-state index in [9.17, 15) is 15.3 Å². The Morgan fingerprint density at radius 1 is 1.18 bits per heavy atom. The summed E-state index contributed by atoms with van der Waals surface area (Å²) in [5, 5.41) is 28.7. The zero-order chi connectivity index (χ0) is 12.9. The van der Waals surface area contributed by atoms with Gasteiger partial charge in [-0.25, -0.2) is 0 Å². The SMILES string of the molecule is CCC(C)=C1CCCCC1C(CO)(CO)CO. The Labute approximate surface area is 104 Å². The van der Waals surface area contributed by atoms with Gasteiger partial charge in [0.05, 0.1) is 19.8 Å². The van der Waals surface area contributed by atoms with Crippen LogP contribution in [0.1, 0.15) is 46.0 Å². The van der Waals surface area contributed by atoms with Crippen LogP contribution >= 0.6 is 0 Å². The molecule has 1 rings (SSSR count). The molecule has 1 aliphatic rings. The molecule has 0 saturated heterocycles. The molecule has 100 valence electrons. The van der Waals surface area contributed by atoms with Crippen molar-refractivity contribution >= 4 is 0 Å². The molecular formula is C14H26O3. The fourth-order valence-electron chi connectivity index (χ4n) is 2.91. The monoisotopic (exact) mass is 242 g/mol. The van der Waals surface area contributed by atoms with Crippen LogP contribution in [0.2, 0.25) is 0 Å². The Balaban J connectivity index is 3.06. The maximum Gasteiger partial charge on any atom is 0.0537 e. The van der Waals surface area contributed by atoms with Gasteiger partial charge in [-0.2, -0.15) is 0 Å². The number of rotatable bonds is 5. The van der Waals surface area contributed by atoms with Gasteiger partial charge in [-0.15, -0.1) is 0 Å². The predicted octanol–water partition coefficient (Wildman–Crippen LogP) is 1.87. The highest BCUT2D eigenvalue weighted by molar-refractivity contribution is 5.20. The Kier molecular flexibility index (Phi) is 5.63. The van der Waals surface area contributed by atoms with Crippen LogP contribution in [-0.2, 0) is 0 Å². The summed E-state index contributed by atoms with van der Waals surface area (Å²) in [6.45, 7) is 3.82. The lowest BCUT2D eigenvalue weighted by molar-refractivity contribution is -0.0346. The van der Waals surface area contributed by atoms with Crippen LogP contribution in [0, 0.1) is 11.3 Å². The van der Waals surface area contributed by atoms with Crippen LogP contribution in [0.15, 0.2) is 11.1 Å². The van der Waals surface area contributed by atoms with Gasteiger partial charge in [0.1, 0.15) is 0 Å². The van der Waals surface area contributed by atoms with Gasteiger partial charge in [0.25, 0.3) is 0 Å². The van der Waals surface area contributed by atoms with Crippen molar-refractivity contribution in [3.8, 4) is 0 Å². The van der Waals surface area contributed by atoms with Crippen LogP contribution < -0.4 is 0 Å². The molecule has 1 unspecified atom stereocenters. The third-order valence-electron chi connectivity index (χ3n) is 4.37. The van der Waals surface area contributed by atoms with E-state index in [0.717, 1.165) is 25.7 Å². The van der Waals surface area contributed by atoms with Gasteiger partial charge in [-0.1, -0.05) is 24.5 Å². The fraction of sp³-hybridized carbons (Fsp3) is 0.857. The first-order chi connectivity index (χ1) is 8.15. The molecule has 3 heteroatoms. The zero-order valence-corrected chi connectivity index (χ0v) is 11.1. The van der Waals surface area contributed by atoms with E-state index >= 15 is 0 Å². The molecule has 0 aromatic heterocycles. The Hall–Kier alpha value is -0.380. The summed E-state index contributed by atoms with van der Waals surface area (Å²) in [6.07, 6.45) is 5.32. The van der Waals surface area contributed by atoms with Crippen molar-refractivity contribution in [2.45, 2.75) is 46.0 Å². The summed E-state index contributed by atoms with van der Waals surface area (Å²) in [7, 11) is 0. The third kappa shape index (κ3) is 2.90. The summed E-state index contributed by atoms with van der Waals surface area (Å²) >= 11 is 0. The first-order valence-corrected chi connectivity index (χ1v) is 6.66. The lowest BCUT2D eigenvalue weighted by Gasteiger charge is -2.41. The van der Waals surface area contributed by atoms with Crippen molar-refractivity contribution in [2.24, 2.45) is 11.3 Å². The van der Waals surface area contributed by atoms with E-state index in [4.69, 9.17) is 0 Å². The summed E-state index contributed by atoms with van der Waals surface area (Å²) in [5.74, 6) is 0.135. The fourth-order valence-corrected chi connectivity index (χ4v) is 2.91. The minimum Gasteiger partial charge on any atom is -0.396 e. The summed E-state index contributed by atoms with van der Waals surface area (Å²) in [6, 6.07) is 0. The van der Waals surface area contributed by atoms with Crippen molar-refractivity contribution < 1.29 is 15.3 Å². The number of hydrogen-bond donors (Lipinski definition) is 3. The summed E-state index contributed by atoms with van der Waals surface area (Å²) in [5.41, 5.74) is 1.97. The molecule has 0 radical (unpaired) electrons. The van der Waals surface area contributed by atoms with Crippen molar-refractivity contribution in [1.82, 2.24) is 0 Å². The average Bonchev–Trinajstić information content (AvgIpc) is 2.41. The van der Waals surface area contributed by atoms with Crippen molar-refractivity contribution in [1.29, 1.82) is 0 Å². The molecular weight excluding hydrogens is 216 g/mol. The van der Waals surface area contributed by atoms with Crippen molar-refractivity contribution in [2.75, 3.05) is 19.8 Å². The van der Waals surface area contributed by atoms with Crippen molar-refractivity contribution in [3.05, 3.63) is 11.1 Å². The molecule has 0 amide bonds. The number of aliphatic hydroxyl groups excluding tert-OH is 3. The van der Waals surface area contributed by atoms with Crippen LogP contribution in [0.25, 0.3) is 0 Å². The minimum absolute atomic E-state index is 0.135. The molecule has 3 N–H and O–H groups in total. The van der Waals surface area contributed by atoms with E-state index in [1.54, 1.807) is 0 Å².